The predicted octanol–water partition coefficient (Wildman–Crippen LogP) is 5.63. The Morgan fingerprint density at radius 2 is 1.68 bits per heavy atom. The van der Waals surface area contributed by atoms with Gasteiger partial charge in [-0.1, -0.05) is 30.3 Å². The third-order valence-corrected chi connectivity index (χ3v) is 7.97. The summed E-state index contributed by atoms with van der Waals surface area (Å²) < 4.78 is 17.0. The van der Waals surface area contributed by atoms with Crippen LogP contribution in [-0.4, -0.2) is 59.4 Å². The van der Waals surface area contributed by atoms with Gasteiger partial charge in [0.1, 0.15) is 11.5 Å². The number of carboxylic acids is 2. The number of para-hydroxylation sites is 1. The molecule has 1 saturated heterocycles. The highest BCUT2D eigenvalue weighted by Crippen LogP contribution is 2.46. The van der Waals surface area contributed by atoms with Crippen molar-refractivity contribution in [2.24, 2.45) is 5.92 Å². The minimum Gasteiger partial charge on any atom is -0.493 e. The van der Waals surface area contributed by atoms with Crippen LogP contribution < -0.4 is 14.2 Å². The molecule has 2 N–H and O–H groups in total. The third kappa shape index (κ3) is 6.80. The van der Waals surface area contributed by atoms with Crippen LogP contribution in [0.5, 0.6) is 17.2 Å². The van der Waals surface area contributed by atoms with E-state index in [-0.39, 0.29) is 22.6 Å². The van der Waals surface area contributed by atoms with Crippen LogP contribution in [0.2, 0.25) is 0 Å². The zero-order valence-electron chi connectivity index (χ0n) is 19.6. The molecule has 11 heteroatoms. The Kier molecular flexibility index (Phi) is 8.67. The Morgan fingerprint density at radius 3 is 2.35 bits per heavy atom. The number of thiophene rings is 1. The number of amides is 1. The van der Waals surface area contributed by atoms with Crippen LogP contribution in [0.25, 0.3) is 10.4 Å². The van der Waals surface area contributed by atoms with E-state index in [4.69, 9.17) is 19.3 Å². The summed E-state index contributed by atoms with van der Waals surface area (Å²) in [4.78, 5) is 37.1. The van der Waals surface area contributed by atoms with Crippen LogP contribution >= 0.6 is 27.3 Å². The van der Waals surface area contributed by atoms with Crippen LogP contribution in [0.3, 0.4) is 0 Å². The first-order valence-electron chi connectivity index (χ1n) is 11.5. The second-order valence-electron chi connectivity index (χ2n) is 8.34. The number of halogens is 1. The largest absolute Gasteiger partial charge is 0.493 e. The summed E-state index contributed by atoms with van der Waals surface area (Å²) in [6, 6.07) is 16.2. The van der Waals surface area contributed by atoms with Crippen LogP contribution in [0.1, 0.15) is 22.5 Å². The molecule has 9 nitrogen and oxygen atoms in total. The lowest BCUT2D eigenvalue weighted by molar-refractivity contribution is -0.139. The van der Waals surface area contributed by atoms with Crippen molar-refractivity contribution in [2.75, 3.05) is 26.3 Å². The molecule has 194 valence electrons. The molecule has 0 unspecified atom stereocenters. The van der Waals surface area contributed by atoms with Crippen LogP contribution in [0.15, 0.2) is 59.1 Å². The van der Waals surface area contributed by atoms with Gasteiger partial charge < -0.3 is 29.3 Å². The maximum atomic E-state index is 12.4. The van der Waals surface area contributed by atoms with Crippen molar-refractivity contribution >= 4 is 45.3 Å². The van der Waals surface area contributed by atoms with Crippen LogP contribution in [-0.2, 0) is 4.79 Å². The van der Waals surface area contributed by atoms with Crippen molar-refractivity contribution in [3.8, 4) is 27.7 Å². The number of aromatic carboxylic acids is 1. The van der Waals surface area contributed by atoms with E-state index in [1.807, 2.05) is 30.3 Å². The maximum Gasteiger partial charge on any atom is 0.415 e. The van der Waals surface area contributed by atoms with Crippen molar-refractivity contribution in [3.63, 3.8) is 0 Å². The number of nitrogens with zero attached hydrogens (tertiary/aromatic N) is 1. The van der Waals surface area contributed by atoms with E-state index < -0.39 is 18.5 Å². The van der Waals surface area contributed by atoms with Gasteiger partial charge in [0, 0.05) is 13.1 Å². The van der Waals surface area contributed by atoms with Crippen molar-refractivity contribution in [1.82, 2.24) is 4.90 Å². The predicted molar refractivity (Wildman–Crippen MR) is 140 cm³/mol. The number of ether oxygens (including phenoxy) is 3. The van der Waals surface area contributed by atoms with Gasteiger partial charge >= 0.3 is 18.0 Å². The van der Waals surface area contributed by atoms with E-state index >= 15 is 0 Å². The summed E-state index contributed by atoms with van der Waals surface area (Å²) in [5.74, 6) is -1.01. The van der Waals surface area contributed by atoms with Crippen molar-refractivity contribution in [3.05, 3.63) is 63.9 Å². The summed E-state index contributed by atoms with van der Waals surface area (Å²) in [6.45, 7) is 0.989. The average Bonchev–Trinajstić information content (AvgIpc) is 3.23. The first kappa shape index (κ1) is 26.5. The zero-order valence-corrected chi connectivity index (χ0v) is 22.0. The topological polar surface area (TPSA) is 123 Å². The first-order chi connectivity index (χ1) is 17.8. The molecule has 0 atom stereocenters. The molecule has 1 fully saturated rings. The molecule has 2 heterocycles. The Balaban J connectivity index is 1.35. The number of hydrogen-bond acceptors (Lipinski definition) is 7. The van der Waals surface area contributed by atoms with E-state index in [0.29, 0.717) is 46.1 Å². The quantitative estimate of drug-likeness (QED) is 0.329. The molecule has 0 aliphatic carbocycles. The number of carboxylic acid groups (broad SMARTS) is 2. The normalized spacial score (nSPS) is 13.7. The number of aliphatic carboxylic acids is 1. The highest BCUT2D eigenvalue weighted by molar-refractivity contribution is 9.10. The molecular formula is C26H24BrNO8S. The van der Waals surface area contributed by atoms with Gasteiger partial charge in [0.25, 0.3) is 0 Å². The Bertz CT molecular complexity index is 1270. The highest BCUT2D eigenvalue weighted by atomic mass is 79.9. The number of likely N-dealkylation sites (tertiary alicyclic amines) is 1. The maximum absolute atomic E-state index is 12.4. The summed E-state index contributed by atoms with van der Waals surface area (Å²) in [5, 5.41) is 18.4. The summed E-state index contributed by atoms with van der Waals surface area (Å²) >= 11 is 4.36. The highest BCUT2D eigenvalue weighted by Gasteiger charge is 2.26. The van der Waals surface area contributed by atoms with Gasteiger partial charge in [0.15, 0.2) is 17.2 Å². The third-order valence-electron chi connectivity index (χ3n) is 5.75. The molecule has 0 radical (unpaired) electrons. The summed E-state index contributed by atoms with van der Waals surface area (Å²) in [6.07, 6.45) is 1.21. The van der Waals surface area contributed by atoms with Gasteiger partial charge in [-0.2, -0.15) is 0 Å². The lowest BCUT2D eigenvalue weighted by Crippen LogP contribution is -2.41. The molecule has 4 rings (SSSR count). The fourth-order valence-corrected chi connectivity index (χ4v) is 5.75. The van der Waals surface area contributed by atoms with Crippen molar-refractivity contribution in [1.29, 1.82) is 0 Å². The number of hydrogen-bond donors (Lipinski definition) is 2. The number of rotatable bonds is 9. The molecule has 0 bridgehead atoms. The molecule has 1 aliphatic heterocycles. The molecule has 1 aliphatic rings. The SMILES string of the molecule is O=C(O)COc1c(C(=O)O)sc(-c2cccc(OCC3CCN(C(=O)Oc4ccccc4)CC3)c2)c1Br. The number of carbonyl (C=O) groups is 3. The first-order valence-corrected chi connectivity index (χ1v) is 13.1. The molecule has 0 saturated carbocycles. The van der Waals surface area contributed by atoms with E-state index in [1.165, 1.54) is 0 Å². The van der Waals surface area contributed by atoms with Gasteiger partial charge in [-0.3, -0.25) is 0 Å². The van der Waals surface area contributed by atoms with E-state index in [9.17, 15) is 19.5 Å². The molecule has 0 spiro atoms. The minimum absolute atomic E-state index is 0.0150. The fraction of sp³-hybridized carbons (Fsp3) is 0.269. The van der Waals surface area contributed by atoms with Crippen LogP contribution in [0.4, 0.5) is 4.79 Å². The lowest BCUT2D eigenvalue weighted by atomic mass is 9.98. The van der Waals surface area contributed by atoms with E-state index in [0.717, 1.165) is 24.2 Å². The van der Waals surface area contributed by atoms with Gasteiger partial charge in [-0.05, 0) is 64.5 Å². The summed E-state index contributed by atoms with van der Waals surface area (Å²) in [5.41, 5.74) is 0.709. The van der Waals surface area contributed by atoms with Crippen molar-refractivity contribution < 1.29 is 38.8 Å². The van der Waals surface area contributed by atoms with Crippen LogP contribution in [0, 0.1) is 5.92 Å². The average molecular weight is 590 g/mol. The molecule has 1 amide bonds. The van der Waals surface area contributed by atoms with Gasteiger partial charge in [0.2, 0.25) is 0 Å². The fourth-order valence-electron chi connectivity index (χ4n) is 3.86. The van der Waals surface area contributed by atoms with E-state index in [1.54, 1.807) is 29.2 Å². The molecule has 2 aromatic carbocycles. The number of benzene rings is 2. The Labute approximate surface area is 225 Å². The Hall–Kier alpha value is -3.57. The minimum atomic E-state index is -1.20. The molecule has 1 aromatic heterocycles. The second kappa shape index (κ2) is 12.1. The number of carbonyl (C=O) groups excluding carboxylic acids is 1. The molecule has 3 aromatic rings. The smallest absolute Gasteiger partial charge is 0.415 e. The van der Waals surface area contributed by atoms with Gasteiger partial charge in [-0.25, -0.2) is 14.4 Å². The standard InChI is InChI=1S/C26H24BrNO8S/c27-21-22(35-15-20(29)30)24(25(31)32)37-23(21)17-5-4-8-19(13-17)34-14-16-9-11-28(12-10-16)26(33)36-18-6-2-1-3-7-18/h1-8,13,16H,9-12,14-15H2,(H,29,30)(H,31,32). The lowest BCUT2D eigenvalue weighted by Gasteiger charge is -2.31. The van der Waals surface area contributed by atoms with Crippen molar-refractivity contribution in [2.45, 2.75) is 12.8 Å². The zero-order chi connectivity index (χ0) is 26.4. The van der Waals surface area contributed by atoms with Gasteiger partial charge in [-0.15, -0.1) is 11.3 Å². The second-order valence-corrected chi connectivity index (χ2v) is 10.2. The van der Waals surface area contributed by atoms with E-state index in [2.05, 4.69) is 15.9 Å². The Morgan fingerprint density at radius 1 is 0.973 bits per heavy atom. The number of piperidine rings is 1. The molecular weight excluding hydrogens is 566 g/mol. The monoisotopic (exact) mass is 589 g/mol. The molecule has 37 heavy (non-hydrogen) atoms. The van der Waals surface area contributed by atoms with Gasteiger partial charge in [0.05, 0.1) is 16.0 Å². The summed E-state index contributed by atoms with van der Waals surface area (Å²) in [7, 11) is 0.